The number of rotatable bonds is 4. The molecule has 2 aromatic heterocycles. The molecule has 5 nitrogen and oxygen atoms in total. The standard InChI is InChI=1S/C20H18N2O3/c23-19-6-1-2-11-22(19)13-17-9-10-18(25-17)20(24)21-16-8-7-14-4-3-5-15(14)12-16/h1-2,6-12H,3-5,13H2,(H,21,24). The maximum Gasteiger partial charge on any atom is 0.291 e. The summed E-state index contributed by atoms with van der Waals surface area (Å²) >= 11 is 0. The van der Waals surface area contributed by atoms with Gasteiger partial charge in [-0.2, -0.15) is 0 Å². The van der Waals surface area contributed by atoms with Gasteiger partial charge in [0.2, 0.25) is 0 Å². The molecule has 1 amide bonds. The van der Waals surface area contributed by atoms with Crippen LogP contribution in [0.4, 0.5) is 5.69 Å². The van der Waals surface area contributed by atoms with Crippen LogP contribution in [0.15, 0.2) is 63.9 Å². The van der Waals surface area contributed by atoms with E-state index >= 15 is 0 Å². The van der Waals surface area contributed by atoms with Gasteiger partial charge in [-0.15, -0.1) is 0 Å². The van der Waals surface area contributed by atoms with Crippen molar-refractivity contribution in [2.45, 2.75) is 25.8 Å². The fraction of sp³-hybridized carbons (Fsp3) is 0.200. The van der Waals surface area contributed by atoms with Gasteiger partial charge in [-0.1, -0.05) is 12.1 Å². The normalized spacial score (nSPS) is 12.8. The molecule has 0 aliphatic heterocycles. The number of benzene rings is 1. The van der Waals surface area contributed by atoms with E-state index in [0.29, 0.717) is 12.3 Å². The zero-order valence-electron chi connectivity index (χ0n) is 13.7. The number of anilines is 1. The van der Waals surface area contributed by atoms with Crippen molar-refractivity contribution in [1.29, 1.82) is 0 Å². The van der Waals surface area contributed by atoms with Crippen molar-refractivity contribution in [2.75, 3.05) is 5.32 Å². The molecular weight excluding hydrogens is 316 g/mol. The van der Waals surface area contributed by atoms with E-state index in [2.05, 4.69) is 11.4 Å². The summed E-state index contributed by atoms with van der Waals surface area (Å²) in [6.45, 7) is 0.297. The SMILES string of the molecule is O=C(Nc1ccc2c(c1)CCC2)c1ccc(Cn2ccccc2=O)o1. The smallest absolute Gasteiger partial charge is 0.291 e. The van der Waals surface area contributed by atoms with Gasteiger partial charge in [0.1, 0.15) is 5.76 Å². The van der Waals surface area contributed by atoms with Crippen molar-refractivity contribution < 1.29 is 9.21 Å². The first kappa shape index (κ1) is 15.4. The molecule has 0 spiro atoms. The number of amides is 1. The first-order valence-corrected chi connectivity index (χ1v) is 8.36. The number of aromatic nitrogens is 1. The van der Waals surface area contributed by atoms with Crippen molar-refractivity contribution in [1.82, 2.24) is 4.57 Å². The first-order chi connectivity index (χ1) is 12.2. The summed E-state index contributed by atoms with van der Waals surface area (Å²) in [6.07, 6.45) is 5.04. The summed E-state index contributed by atoms with van der Waals surface area (Å²) in [5.41, 5.74) is 3.35. The average Bonchev–Trinajstić information content (AvgIpc) is 3.25. The summed E-state index contributed by atoms with van der Waals surface area (Å²) < 4.78 is 7.13. The van der Waals surface area contributed by atoms with E-state index in [4.69, 9.17) is 4.42 Å². The highest BCUT2D eigenvalue weighted by Crippen LogP contribution is 2.25. The average molecular weight is 334 g/mol. The Balaban J connectivity index is 1.47. The molecule has 0 fully saturated rings. The molecule has 1 aliphatic carbocycles. The molecule has 4 rings (SSSR count). The molecule has 1 N–H and O–H groups in total. The molecule has 2 heterocycles. The number of fused-ring (bicyclic) bond motifs is 1. The van der Waals surface area contributed by atoms with Crippen LogP contribution in [-0.2, 0) is 19.4 Å². The molecule has 0 saturated carbocycles. The molecule has 0 radical (unpaired) electrons. The predicted octanol–water partition coefficient (Wildman–Crippen LogP) is 3.23. The van der Waals surface area contributed by atoms with E-state index in [1.165, 1.54) is 28.2 Å². The van der Waals surface area contributed by atoms with E-state index in [1.54, 1.807) is 30.5 Å². The Bertz CT molecular complexity index is 984. The predicted molar refractivity (Wildman–Crippen MR) is 94.9 cm³/mol. The van der Waals surface area contributed by atoms with E-state index in [-0.39, 0.29) is 17.2 Å². The van der Waals surface area contributed by atoms with Gasteiger partial charge in [0.25, 0.3) is 11.5 Å². The highest BCUT2D eigenvalue weighted by Gasteiger charge is 2.15. The van der Waals surface area contributed by atoms with Crippen molar-refractivity contribution >= 4 is 11.6 Å². The number of carbonyl (C=O) groups excluding carboxylic acids is 1. The van der Waals surface area contributed by atoms with Crippen LogP contribution in [0.5, 0.6) is 0 Å². The summed E-state index contributed by atoms with van der Waals surface area (Å²) in [5, 5.41) is 2.88. The van der Waals surface area contributed by atoms with Crippen LogP contribution in [0.2, 0.25) is 0 Å². The first-order valence-electron chi connectivity index (χ1n) is 8.36. The van der Waals surface area contributed by atoms with Crippen LogP contribution in [0.25, 0.3) is 0 Å². The summed E-state index contributed by atoms with van der Waals surface area (Å²) in [7, 11) is 0. The monoisotopic (exact) mass is 334 g/mol. The Kier molecular flexibility index (Phi) is 3.98. The van der Waals surface area contributed by atoms with E-state index < -0.39 is 0 Å². The van der Waals surface area contributed by atoms with Crippen molar-refractivity contribution in [3.8, 4) is 0 Å². The summed E-state index contributed by atoms with van der Waals surface area (Å²) in [4.78, 5) is 24.1. The Hall–Kier alpha value is -3.08. The van der Waals surface area contributed by atoms with Crippen LogP contribution >= 0.6 is 0 Å². The number of nitrogens with one attached hydrogen (secondary N) is 1. The van der Waals surface area contributed by atoms with Gasteiger partial charge >= 0.3 is 0 Å². The van der Waals surface area contributed by atoms with E-state index in [9.17, 15) is 9.59 Å². The highest BCUT2D eigenvalue weighted by molar-refractivity contribution is 6.02. The second-order valence-electron chi connectivity index (χ2n) is 6.22. The van der Waals surface area contributed by atoms with Gasteiger partial charge in [0, 0.05) is 18.0 Å². The number of aryl methyl sites for hydroxylation is 2. The van der Waals surface area contributed by atoms with E-state index in [1.807, 2.05) is 12.1 Å². The second-order valence-corrected chi connectivity index (χ2v) is 6.22. The Morgan fingerprint density at radius 1 is 1.08 bits per heavy atom. The quantitative estimate of drug-likeness (QED) is 0.797. The molecule has 0 saturated heterocycles. The molecule has 1 aromatic carbocycles. The third-order valence-corrected chi connectivity index (χ3v) is 4.47. The fourth-order valence-electron chi connectivity index (χ4n) is 3.19. The number of nitrogens with zero attached hydrogens (tertiary/aromatic N) is 1. The molecule has 25 heavy (non-hydrogen) atoms. The van der Waals surface area contributed by atoms with Crippen LogP contribution < -0.4 is 10.9 Å². The van der Waals surface area contributed by atoms with Crippen LogP contribution in [-0.4, -0.2) is 10.5 Å². The van der Waals surface area contributed by atoms with E-state index in [0.717, 1.165) is 18.5 Å². The minimum Gasteiger partial charge on any atom is -0.454 e. The van der Waals surface area contributed by atoms with Gasteiger partial charge in [-0.05, 0) is 60.7 Å². The molecule has 0 unspecified atom stereocenters. The molecular formula is C20H18N2O3. The fourth-order valence-corrected chi connectivity index (χ4v) is 3.19. The summed E-state index contributed by atoms with van der Waals surface area (Å²) in [5.74, 6) is 0.511. The summed E-state index contributed by atoms with van der Waals surface area (Å²) in [6, 6.07) is 14.4. The Morgan fingerprint density at radius 3 is 2.84 bits per heavy atom. The lowest BCUT2D eigenvalue weighted by molar-refractivity contribution is 0.0994. The molecule has 1 aliphatic rings. The maximum absolute atomic E-state index is 12.4. The van der Waals surface area contributed by atoms with Crippen LogP contribution in [0, 0.1) is 0 Å². The molecule has 5 heteroatoms. The third-order valence-electron chi connectivity index (χ3n) is 4.47. The molecule has 0 atom stereocenters. The Labute approximate surface area is 144 Å². The number of pyridine rings is 1. The zero-order chi connectivity index (χ0) is 17.2. The highest BCUT2D eigenvalue weighted by atomic mass is 16.4. The van der Waals surface area contributed by atoms with Crippen molar-refractivity contribution in [3.05, 3.63) is 87.7 Å². The van der Waals surface area contributed by atoms with Crippen LogP contribution in [0.1, 0.15) is 33.9 Å². The molecule has 3 aromatic rings. The largest absolute Gasteiger partial charge is 0.454 e. The number of hydrogen-bond acceptors (Lipinski definition) is 3. The lowest BCUT2D eigenvalue weighted by atomic mass is 10.1. The van der Waals surface area contributed by atoms with Crippen molar-refractivity contribution in [2.24, 2.45) is 0 Å². The second kappa shape index (κ2) is 6.43. The van der Waals surface area contributed by atoms with Crippen LogP contribution in [0.3, 0.4) is 0 Å². The topological polar surface area (TPSA) is 64.2 Å². The third kappa shape index (κ3) is 3.26. The lowest BCUT2D eigenvalue weighted by Crippen LogP contribution is -2.18. The molecule has 126 valence electrons. The molecule has 0 bridgehead atoms. The minimum atomic E-state index is -0.287. The number of hydrogen-bond donors (Lipinski definition) is 1. The van der Waals surface area contributed by atoms with Gasteiger partial charge in [0.15, 0.2) is 5.76 Å². The zero-order valence-corrected chi connectivity index (χ0v) is 13.7. The van der Waals surface area contributed by atoms with Gasteiger partial charge in [0.05, 0.1) is 6.54 Å². The van der Waals surface area contributed by atoms with Gasteiger partial charge in [-0.3, -0.25) is 9.59 Å². The minimum absolute atomic E-state index is 0.108. The van der Waals surface area contributed by atoms with Gasteiger partial charge in [-0.25, -0.2) is 0 Å². The Morgan fingerprint density at radius 2 is 1.96 bits per heavy atom. The van der Waals surface area contributed by atoms with Gasteiger partial charge < -0.3 is 14.3 Å². The van der Waals surface area contributed by atoms with Crippen molar-refractivity contribution in [3.63, 3.8) is 0 Å². The maximum atomic E-state index is 12.4. The number of carbonyl (C=O) groups is 1. The lowest BCUT2D eigenvalue weighted by Gasteiger charge is -2.06. The number of furan rings is 1.